The second-order valence-electron chi connectivity index (χ2n) is 8.92. The fourth-order valence-corrected chi connectivity index (χ4v) is 4.86. The second kappa shape index (κ2) is 11.9. The summed E-state index contributed by atoms with van der Waals surface area (Å²) in [7, 11) is 0. The largest absolute Gasteiger partial charge is 0.465 e. The topological polar surface area (TPSA) is 117 Å². The maximum Gasteiger partial charge on any atom is 0.405 e. The summed E-state index contributed by atoms with van der Waals surface area (Å²) in [4.78, 5) is 27.8. The molecule has 11 heteroatoms. The highest BCUT2D eigenvalue weighted by molar-refractivity contribution is 5.94. The molecule has 0 radical (unpaired) electrons. The van der Waals surface area contributed by atoms with Gasteiger partial charge in [0.15, 0.2) is 0 Å². The fraction of sp³-hybridized carbons (Fsp3) is 0.522. The van der Waals surface area contributed by atoms with Gasteiger partial charge in [-0.25, -0.2) is 4.79 Å². The third-order valence-electron chi connectivity index (χ3n) is 6.56. The lowest BCUT2D eigenvalue weighted by molar-refractivity contribution is -0.117. The minimum atomic E-state index is -1.07. The molecular formula is C23H34Cl2N6O3. The standard InChI is InChI=1S/C23H32N6O3.2ClH/c1-15-11-21(26-23(31)32)20-12-17(3-4-22(20)29(15)16(2)30)18-13-25-28(14-18)10-9-27-7-5-19(24)6-8-27;;/h3-4,12-15,19,21,26H,5-11,24H2,1-2H3,(H,31,32);2*1H. The van der Waals surface area contributed by atoms with Crippen LogP contribution in [0.25, 0.3) is 11.1 Å². The summed E-state index contributed by atoms with van der Waals surface area (Å²) >= 11 is 0. The average Bonchev–Trinajstić information content (AvgIpc) is 3.21. The van der Waals surface area contributed by atoms with Gasteiger partial charge in [-0.1, -0.05) is 6.07 Å². The van der Waals surface area contributed by atoms with Gasteiger partial charge in [-0.2, -0.15) is 5.10 Å². The molecule has 0 bridgehead atoms. The number of fused-ring (bicyclic) bond motifs is 1. The van der Waals surface area contributed by atoms with Gasteiger partial charge in [0.1, 0.15) is 0 Å². The number of benzene rings is 1. The van der Waals surface area contributed by atoms with Crippen molar-refractivity contribution in [1.82, 2.24) is 20.0 Å². The van der Waals surface area contributed by atoms with Crippen molar-refractivity contribution in [3.8, 4) is 11.1 Å². The van der Waals surface area contributed by atoms with E-state index in [4.69, 9.17) is 5.73 Å². The molecule has 2 amide bonds. The summed E-state index contributed by atoms with van der Waals surface area (Å²) in [6, 6.07) is 5.73. The van der Waals surface area contributed by atoms with E-state index in [9.17, 15) is 14.7 Å². The maximum atomic E-state index is 12.2. The molecule has 0 saturated carbocycles. The van der Waals surface area contributed by atoms with Gasteiger partial charge in [0.25, 0.3) is 0 Å². The molecule has 0 spiro atoms. The zero-order chi connectivity index (χ0) is 22.8. The Bertz CT molecular complexity index is 993. The lowest BCUT2D eigenvalue weighted by atomic mass is 9.89. The molecule has 4 N–H and O–H groups in total. The van der Waals surface area contributed by atoms with Crippen molar-refractivity contribution in [2.75, 3.05) is 24.5 Å². The maximum absolute atomic E-state index is 12.2. The van der Waals surface area contributed by atoms with Gasteiger partial charge in [0, 0.05) is 43.0 Å². The molecule has 1 aromatic carbocycles. The van der Waals surface area contributed by atoms with Gasteiger partial charge in [0.05, 0.1) is 18.8 Å². The summed E-state index contributed by atoms with van der Waals surface area (Å²) in [5.41, 5.74) is 9.48. The van der Waals surface area contributed by atoms with E-state index in [-0.39, 0.29) is 42.8 Å². The molecular weight excluding hydrogens is 479 g/mol. The van der Waals surface area contributed by atoms with Crippen LogP contribution in [0.15, 0.2) is 30.6 Å². The van der Waals surface area contributed by atoms with Gasteiger partial charge < -0.3 is 26.0 Å². The molecule has 4 rings (SSSR count). The van der Waals surface area contributed by atoms with Crippen LogP contribution in [0, 0.1) is 0 Å². The summed E-state index contributed by atoms with van der Waals surface area (Å²) in [6.07, 6.45) is 5.40. The number of aromatic nitrogens is 2. The Balaban J connectivity index is 0.00000204. The van der Waals surface area contributed by atoms with Crippen molar-refractivity contribution in [3.63, 3.8) is 0 Å². The van der Waals surface area contributed by atoms with Crippen LogP contribution in [0.4, 0.5) is 10.5 Å². The molecule has 2 aromatic rings. The van der Waals surface area contributed by atoms with Gasteiger partial charge in [-0.3, -0.25) is 9.48 Å². The average molecular weight is 513 g/mol. The van der Waals surface area contributed by atoms with Crippen LogP contribution < -0.4 is 16.0 Å². The number of carbonyl (C=O) groups excluding carboxylic acids is 1. The van der Waals surface area contributed by atoms with Crippen LogP contribution in [0.1, 0.15) is 44.7 Å². The molecule has 1 saturated heterocycles. The van der Waals surface area contributed by atoms with Crippen molar-refractivity contribution in [2.24, 2.45) is 5.73 Å². The predicted octanol–water partition coefficient (Wildman–Crippen LogP) is 3.27. The summed E-state index contributed by atoms with van der Waals surface area (Å²) in [5.74, 6) is -0.0493. The number of amides is 2. The summed E-state index contributed by atoms with van der Waals surface area (Å²) < 4.78 is 1.94. The highest BCUT2D eigenvalue weighted by Crippen LogP contribution is 2.39. The van der Waals surface area contributed by atoms with E-state index >= 15 is 0 Å². The highest BCUT2D eigenvalue weighted by atomic mass is 35.5. The van der Waals surface area contributed by atoms with Crippen molar-refractivity contribution in [2.45, 2.75) is 57.8 Å². The Morgan fingerprint density at radius 1 is 1.18 bits per heavy atom. The Kier molecular flexibility index (Phi) is 9.75. The minimum Gasteiger partial charge on any atom is -0.465 e. The van der Waals surface area contributed by atoms with E-state index < -0.39 is 6.09 Å². The van der Waals surface area contributed by atoms with E-state index in [1.165, 1.54) is 0 Å². The molecule has 1 fully saturated rings. The number of carboxylic acid groups (broad SMARTS) is 1. The van der Waals surface area contributed by atoms with E-state index in [0.717, 1.165) is 61.4 Å². The molecule has 2 atom stereocenters. The van der Waals surface area contributed by atoms with Crippen molar-refractivity contribution in [1.29, 1.82) is 0 Å². The quantitative estimate of drug-likeness (QED) is 0.565. The number of piperidine rings is 1. The SMILES string of the molecule is CC(=O)N1c2ccc(-c3cnn(CCN4CCC(N)CC4)c3)cc2C(NC(=O)O)CC1C.Cl.Cl. The lowest BCUT2D eigenvalue weighted by Crippen LogP contribution is -2.45. The van der Waals surface area contributed by atoms with Gasteiger partial charge in [0.2, 0.25) is 5.91 Å². The molecule has 2 aliphatic heterocycles. The monoisotopic (exact) mass is 512 g/mol. The third kappa shape index (κ3) is 6.21. The Morgan fingerprint density at radius 2 is 1.88 bits per heavy atom. The molecule has 1 aromatic heterocycles. The van der Waals surface area contributed by atoms with Gasteiger partial charge >= 0.3 is 6.09 Å². The molecule has 188 valence electrons. The Hall–Kier alpha value is -2.33. The molecule has 2 aliphatic rings. The zero-order valence-corrected chi connectivity index (χ0v) is 21.1. The third-order valence-corrected chi connectivity index (χ3v) is 6.56. The zero-order valence-electron chi connectivity index (χ0n) is 19.5. The first-order chi connectivity index (χ1) is 15.3. The number of nitrogens with zero attached hydrogens (tertiary/aromatic N) is 4. The molecule has 34 heavy (non-hydrogen) atoms. The van der Waals surface area contributed by atoms with Gasteiger partial charge in [-0.15, -0.1) is 24.8 Å². The Labute approximate surface area is 212 Å². The molecule has 3 heterocycles. The number of nitrogens with two attached hydrogens (primary N) is 1. The van der Waals surface area contributed by atoms with Crippen LogP contribution in [0.2, 0.25) is 0 Å². The lowest BCUT2D eigenvalue weighted by Gasteiger charge is -2.39. The fourth-order valence-electron chi connectivity index (χ4n) is 4.86. The number of rotatable bonds is 5. The number of carbonyl (C=O) groups is 2. The van der Waals surface area contributed by atoms with E-state index in [1.807, 2.05) is 42.2 Å². The number of nitrogens with one attached hydrogen (secondary N) is 1. The number of hydrogen-bond donors (Lipinski definition) is 3. The summed E-state index contributed by atoms with van der Waals surface area (Å²) in [6.45, 7) is 7.29. The normalized spacial score (nSPS) is 20.6. The molecule has 2 unspecified atom stereocenters. The first-order valence-electron chi connectivity index (χ1n) is 11.3. The smallest absolute Gasteiger partial charge is 0.405 e. The van der Waals surface area contributed by atoms with Crippen LogP contribution in [-0.2, 0) is 11.3 Å². The van der Waals surface area contributed by atoms with Crippen molar-refractivity contribution in [3.05, 3.63) is 36.2 Å². The number of halogens is 2. The van der Waals surface area contributed by atoms with E-state index in [0.29, 0.717) is 12.5 Å². The number of hydrogen-bond acceptors (Lipinski definition) is 5. The second-order valence-corrected chi connectivity index (χ2v) is 8.92. The van der Waals surface area contributed by atoms with Crippen LogP contribution >= 0.6 is 24.8 Å². The first kappa shape index (κ1) is 27.9. The number of likely N-dealkylation sites (tertiary alicyclic amines) is 1. The highest BCUT2D eigenvalue weighted by Gasteiger charge is 2.33. The van der Waals surface area contributed by atoms with Gasteiger partial charge in [-0.05, 0) is 62.5 Å². The molecule has 9 nitrogen and oxygen atoms in total. The van der Waals surface area contributed by atoms with Crippen LogP contribution in [0.3, 0.4) is 0 Å². The summed E-state index contributed by atoms with van der Waals surface area (Å²) in [5, 5.41) is 16.4. The van der Waals surface area contributed by atoms with Crippen molar-refractivity contribution < 1.29 is 14.7 Å². The van der Waals surface area contributed by atoms with Crippen LogP contribution in [-0.4, -0.2) is 63.5 Å². The van der Waals surface area contributed by atoms with E-state index in [2.05, 4.69) is 15.3 Å². The minimum absolute atomic E-state index is 0. The van der Waals surface area contributed by atoms with E-state index in [1.54, 1.807) is 11.8 Å². The van der Waals surface area contributed by atoms with Crippen LogP contribution in [0.5, 0.6) is 0 Å². The Morgan fingerprint density at radius 3 is 2.53 bits per heavy atom. The van der Waals surface area contributed by atoms with Crippen molar-refractivity contribution >= 4 is 42.5 Å². The molecule has 0 aliphatic carbocycles. The number of anilines is 1. The predicted molar refractivity (Wildman–Crippen MR) is 137 cm³/mol. The first-order valence-corrected chi connectivity index (χ1v) is 11.3.